The van der Waals surface area contributed by atoms with Crippen LogP contribution >= 0.6 is 0 Å². The molecule has 38 heavy (non-hydrogen) atoms. The summed E-state index contributed by atoms with van der Waals surface area (Å²) in [5.41, 5.74) is 8.35. The minimum atomic E-state index is 0.351. The van der Waals surface area contributed by atoms with Gasteiger partial charge in [0.2, 0.25) is 0 Å². The van der Waals surface area contributed by atoms with Crippen LogP contribution in [0.4, 0.5) is 0 Å². The topological polar surface area (TPSA) is 29.4 Å². The number of carbonyl (C=O) groups excluding carboxylic acids is 1. The van der Waals surface area contributed by atoms with Crippen molar-refractivity contribution in [3.05, 3.63) is 89.2 Å². The van der Waals surface area contributed by atoms with E-state index in [1.165, 1.54) is 27.8 Å². The lowest BCUT2D eigenvalue weighted by molar-refractivity contribution is -0.119. The number of rotatable bonds is 15. The van der Waals surface area contributed by atoms with Crippen LogP contribution in [0.5, 0.6) is 0 Å². The van der Waals surface area contributed by atoms with E-state index < -0.39 is 0 Å². The maximum Gasteiger partial charge on any atom is 0.137 e. The second-order valence-electron chi connectivity index (χ2n) is 10.8. The summed E-state index contributed by atoms with van der Waals surface area (Å²) >= 11 is 0. The smallest absolute Gasteiger partial charge is 0.137 e. The van der Waals surface area contributed by atoms with Gasteiger partial charge in [0.15, 0.2) is 0 Å². The highest BCUT2D eigenvalue weighted by molar-refractivity contribution is 5.82. The van der Waals surface area contributed by atoms with Crippen LogP contribution < -0.4 is 0 Å². The highest BCUT2D eigenvalue weighted by atomic mass is 16.1. The molecule has 0 N–H and O–H groups in total. The van der Waals surface area contributed by atoms with Crippen LogP contribution in [0.25, 0.3) is 17.2 Å². The first kappa shape index (κ1) is 29.6. The minimum Gasteiger partial charge on any atom is -0.299 e. The van der Waals surface area contributed by atoms with E-state index in [0.29, 0.717) is 30.5 Å². The molecule has 0 saturated heterocycles. The van der Waals surface area contributed by atoms with Gasteiger partial charge in [0.25, 0.3) is 0 Å². The summed E-state index contributed by atoms with van der Waals surface area (Å²) in [6, 6.07) is 15.0. The van der Waals surface area contributed by atoms with Crippen molar-refractivity contribution in [2.75, 3.05) is 0 Å². The Bertz CT molecular complexity index is 1170. The van der Waals surface area contributed by atoms with Gasteiger partial charge in [-0.25, -0.2) is 0 Å². The molecule has 0 spiro atoms. The van der Waals surface area contributed by atoms with Crippen molar-refractivity contribution in [3.8, 4) is 11.1 Å². The zero-order valence-corrected chi connectivity index (χ0v) is 24.1. The zero-order valence-electron chi connectivity index (χ0n) is 24.1. The number of hydrogen-bond donors (Lipinski definition) is 0. The average Bonchev–Trinajstić information content (AvgIpc) is 2.93. The molecule has 0 aromatic heterocycles. The Labute approximate surface area is 231 Å². The van der Waals surface area contributed by atoms with Crippen LogP contribution in [0.1, 0.15) is 95.2 Å². The van der Waals surface area contributed by atoms with Crippen molar-refractivity contribution in [3.63, 3.8) is 0 Å². The van der Waals surface area contributed by atoms with E-state index >= 15 is 0 Å². The number of ketones is 1. The number of aliphatic imine (C=N–C) groups is 1. The predicted octanol–water partition coefficient (Wildman–Crippen LogP) is 10.1. The SMILES string of the molecule is C=C(C1=CCCC=N1)C(CCC)CCCC(CC)CC(=O)Cc1cccc(-c2cccc(C=CC)c2C)c1. The Morgan fingerprint density at radius 2 is 1.89 bits per heavy atom. The van der Waals surface area contributed by atoms with Gasteiger partial charge in [0.1, 0.15) is 5.78 Å². The molecule has 0 amide bonds. The summed E-state index contributed by atoms with van der Waals surface area (Å²) in [7, 11) is 0. The van der Waals surface area contributed by atoms with Gasteiger partial charge in [-0.1, -0.05) is 107 Å². The number of carbonyl (C=O) groups is 1. The molecule has 2 heteroatoms. The fourth-order valence-electron chi connectivity index (χ4n) is 5.68. The van der Waals surface area contributed by atoms with Crippen LogP contribution in [0, 0.1) is 18.8 Å². The monoisotopic (exact) mass is 509 g/mol. The molecule has 1 aliphatic heterocycles. The average molecular weight is 510 g/mol. The van der Waals surface area contributed by atoms with Crippen molar-refractivity contribution in [2.24, 2.45) is 16.8 Å². The summed E-state index contributed by atoms with van der Waals surface area (Å²) in [6.45, 7) is 13.1. The van der Waals surface area contributed by atoms with Crippen molar-refractivity contribution < 1.29 is 4.79 Å². The molecule has 2 unspecified atom stereocenters. The lowest BCUT2D eigenvalue weighted by atomic mass is 9.85. The standard InChI is InChI=1S/C36H47NO/c1-6-14-31-19-13-21-35(27(31)4)33-20-12-17-30(24-33)26-34(38)25-29(8-3)16-11-18-32(15-7-2)28(5)36-22-9-10-23-37-36/h6,12-14,17,19-24,29,32H,5,7-11,15-16,18,25-26H2,1-4H3. The molecule has 1 aliphatic rings. The number of nitrogens with zero attached hydrogens (tertiary/aromatic N) is 1. The molecule has 0 fully saturated rings. The van der Waals surface area contributed by atoms with Gasteiger partial charge in [-0.2, -0.15) is 0 Å². The summed E-state index contributed by atoms with van der Waals surface area (Å²) in [4.78, 5) is 17.7. The third kappa shape index (κ3) is 8.51. The summed E-state index contributed by atoms with van der Waals surface area (Å²) < 4.78 is 0. The lowest BCUT2D eigenvalue weighted by Crippen LogP contribution is -2.12. The van der Waals surface area contributed by atoms with E-state index in [9.17, 15) is 4.79 Å². The highest BCUT2D eigenvalue weighted by Crippen LogP contribution is 2.31. The third-order valence-corrected chi connectivity index (χ3v) is 7.94. The van der Waals surface area contributed by atoms with E-state index in [0.717, 1.165) is 62.6 Å². The number of hydrogen-bond acceptors (Lipinski definition) is 2. The number of allylic oxidation sites excluding steroid dienone is 3. The largest absolute Gasteiger partial charge is 0.299 e. The maximum absolute atomic E-state index is 13.1. The second-order valence-corrected chi connectivity index (χ2v) is 10.8. The Balaban J connectivity index is 1.56. The van der Waals surface area contributed by atoms with Gasteiger partial charge in [-0.15, -0.1) is 0 Å². The van der Waals surface area contributed by atoms with Crippen molar-refractivity contribution in [2.45, 2.75) is 91.9 Å². The fraction of sp³-hybridized carbons (Fsp3) is 0.444. The summed E-state index contributed by atoms with van der Waals surface area (Å²) in [5, 5.41) is 0. The van der Waals surface area contributed by atoms with E-state index in [1.807, 2.05) is 13.1 Å². The second kappa shape index (κ2) is 15.4. The Hall–Kier alpha value is -3.00. The molecule has 2 nitrogen and oxygen atoms in total. The van der Waals surface area contributed by atoms with E-state index in [4.69, 9.17) is 0 Å². The lowest BCUT2D eigenvalue weighted by Gasteiger charge is -2.22. The summed E-state index contributed by atoms with van der Waals surface area (Å²) in [5.74, 6) is 1.30. The van der Waals surface area contributed by atoms with Gasteiger partial charge in [0, 0.05) is 19.1 Å². The molecular weight excluding hydrogens is 462 g/mol. The minimum absolute atomic E-state index is 0.351. The third-order valence-electron chi connectivity index (χ3n) is 7.94. The molecule has 0 aliphatic carbocycles. The highest BCUT2D eigenvalue weighted by Gasteiger charge is 2.18. The zero-order chi connectivity index (χ0) is 27.3. The van der Waals surface area contributed by atoms with Crippen LogP contribution in [0.15, 0.2) is 77.5 Å². The quantitative estimate of drug-likeness (QED) is 0.235. The van der Waals surface area contributed by atoms with Crippen LogP contribution in [0.3, 0.4) is 0 Å². The molecule has 0 saturated carbocycles. The van der Waals surface area contributed by atoms with Gasteiger partial charge < -0.3 is 0 Å². The van der Waals surface area contributed by atoms with Gasteiger partial charge in [-0.3, -0.25) is 9.79 Å². The predicted molar refractivity (Wildman–Crippen MR) is 166 cm³/mol. The Morgan fingerprint density at radius 1 is 1.08 bits per heavy atom. The molecule has 0 bridgehead atoms. The molecule has 202 valence electrons. The molecule has 3 rings (SSSR count). The van der Waals surface area contributed by atoms with E-state index in [-0.39, 0.29) is 0 Å². The molecule has 2 aromatic rings. The van der Waals surface area contributed by atoms with Crippen molar-refractivity contribution in [1.29, 1.82) is 0 Å². The Kier molecular flexibility index (Phi) is 12.0. The molecule has 2 atom stereocenters. The fourth-order valence-corrected chi connectivity index (χ4v) is 5.68. The molecule has 1 heterocycles. The molecule has 2 aromatic carbocycles. The van der Waals surface area contributed by atoms with E-state index in [1.54, 1.807) is 0 Å². The first-order valence-electron chi connectivity index (χ1n) is 14.7. The molecule has 0 radical (unpaired) electrons. The van der Waals surface area contributed by atoms with Crippen molar-refractivity contribution >= 4 is 18.1 Å². The van der Waals surface area contributed by atoms with Gasteiger partial charge >= 0.3 is 0 Å². The van der Waals surface area contributed by atoms with Crippen LogP contribution in [0.2, 0.25) is 0 Å². The maximum atomic E-state index is 13.1. The van der Waals surface area contributed by atoms with Gasteiger partial charge in [0.05, 0.1) is 5.70 Å². The number of benzene rings is 2. The van der Waals surface area contributed by atoms with Crippen LogP contribution in [-0.2, 0) is 11.2 Å². The normalized spacial score (nSPS) is 14.9. The Morgan fingerprint density at radius 3 is 2.61 bits per heavy atom. The van der Waals surface area contributed by atoms with Crippen molar-refractivity contribution in [1.82, 2.24) is 0 Å². The van der Waals surface area contributed by atoms with Crippen LogP contribution in [-0.4, -0.2) is 12.0 Å². The molecular formula is C36H47NO. The first-order valence-corrected chi connectivity index (χ1v) is 14.7. The number of Topliss-reactive ketones (excluding diaryl/α,β-unsaturated/α-hetero) is 1. The summed E-state index contributed by atoms with van der Waals surface area (Å²) in [6.07, 6.45) is 18.6. The first-order chi connectivity index (χ1) is 18.5. The van der Waals surface area contributed by atoms with Gasteiger partial charge in [-0.05, 0) is 84.8 Å². The van der Waals surface area contributed by atoms with E-state index in [2.05, 4.69) is 93.0 Å².